The van der Waals surface area contributed by atoms with Crippen LogP contribution in [0.3, 0.4) is 0 Å². The number of hydrogen-bond donors (Lipinski definition) is 1. The molecule has 0 spiro atoms. The van der Waals surface area contributed by atoms with Crippen LogP contribution in [0.2, 0.25) is 0 Å². The Kier molecular flexibility index (Phi) is 5.54. The molecule has 1 amide bonds. The fraction of sp³-hybridized carbons (Fsp3) is 0.333. The molecule has 2 fully saturated rings. The van der Waals surface area contributed by atoms with Gasteiger partial charge in [0.15, 0.2) is 9.84 Å². The summed E-state index contributed by atoms with van der Waals surface area (Å²) in [5.41, 5.74) is 4.71. The van der Waals surface area contributed by atoms with Crippen molar-refractivity contribution < 1.29 is 22.3 Å². The maximum atomic E-state index is 14.9. The van der Waals surface area contributed by atoms with Crippen LogP contribution in [-0.4, -0.2) is 73.8 Å². The number of cyclic esters (lactones) is 1. The number of halogens is 1. The highest BCUT2D eigenvalue weighted by Gasteiger charge is 2.26. The topological polar surface area (TPSA) is 98.3 Å². The number of carbonyl (C=O) groups excluding carboxylic acids is 1. The third kappa shape index (κ3) is 4.57. The van der Waals surface area contributed by atoms with Gasteiger partial charge in [-0.3, -0.25) is 14.9 Å². The summed E-state index contributed by atoms with van der Waals surface area (Å²) in [5.74, 6) is 0.512. The maximum absolute atomic E-state index is 14.9. The number of amides is 1. The van der Waals surface area contributed by atoms with Crippen molar-refractivity contribution in [3.8, 4) is 11.1 Å². The van der Waals surface area contributed by atoms with Gasteiger partial charge >= 0.3 is 6.09 Å². The molecule has 0 saturated carbocycles. The number of nitrogens with one attached hydrogen (secondary N) is 1. The highest BCUT2D eigenvalue weighted by molar-refractivity contribution is 7.91. The standard InChI is InChI=1S/C21H23FN6O4S/c22-19-13-17(28-6-5-27(24-28)15-26-7-10-32-21(26)29)2-3-18(19)16-1-4-20(23-14-16)25-8-11-33(30,31)12-9-25/h1-6,13-14,24H,7-12,15H2. The zero-order valence-corrected chi connectivity index (χ0v) is 18.5. The number of anilines is 2. The van der Waals surface area contributed by atoms with Gasteiger partial charge in [-0.25, -0.2) is 22.6 Å². The van der Waals surface area contributed by atoms with E-state index in [4.69, 9.17) is 4.74 Å². The molecular weight excluding hydrogens is 451 g/mol. The van der Waals surface area contributed by atoms with E-state index in [1.54, 1.807) is 57.8 Å². The number of aromatic nitrogens is 1. The summed E-state index contributed by atoms with van der Waals surface area (Å²) in [4.78, 5) is 19.5. The van der Waals surface area contributed by atoms with Crippen LogP contribution in [-0.2, 0) is 14.6 Å². The van der Waals surface area contributed by atoms with Gasteiger partial charge in [-0.05, 0) is 30.3 Å². The number of sulfone groups is 1. The molecule has 10 nitrogen and oxygen atoms in total. The van der Waals surface area contributed by atoms with Crippen LogP contribution in [0.4, 0.5) is 20.7 Å². The molecule has 12 heteroatoms. The van der Waals surface area contributed by atoms with Crippen LogP contribution in [0.15, 0.2) is 48.9 Å². The molecule has 2 saturated heterocycles. The highest BCUT2D eigenvalue weighted by Crippen LogP contribution is 2.28. The van der Waals surface area contributed by atoms with Crippen molar-refractivity contribution in [2.45, 2.75) is 0 Å². The fourth-order valence-corrected chi connectivity index (χ4v) is 5.08. The van der Waals surface area contributed by atoms with Gasteiger partial charge in [-0.15, -0.1) is 5.53 Å². The number of carbonyl (C=O) groups is 1. The van der Waals surface area contributed by atoms with Crippen LogP contribution in [0, 0.1) is 5.82 Å². The van der Waals surface area contributed by atoms with Crippen LogP contribution in [0.5, 0.6) is 0 Å². The summed E-state index contributed by atoms with van der Waals surface area (Å²) in [6, 6.07) is 8.46. The maximum Gasteiger partial charge on any atom is 0.411 e. The Balaban J connectivity index is 1.24. The molecule has 3 aliphatic rings. The van der Waals surface area contributed by atoms with Crippen molar-refractivity contribution in [2.75, 3.05) is 54.3 Å². The number of nitrogens with zero attached hydrogens (tertiary/aromatic N) is 5. The Morgan fingerprint density at radius 1 is 1.09 bits per heavy atom. The molecule has 3 aliphatic heterocycles. The monoisotopic (exact) mass is 474 g/mol. The van der Waals surface area contributed by atoms with E-state index in [2.05, 4.69) is 10.5 Å². The molecule has 33 heavy (non-hydrogen) atoms. The SMILES string of the molecule is O=C1OCCN1CN1C=CN(c2ccc(-c3ccc(N4CCS(=O)(=O)CC4)nc3)c(F)c2)N1. The average Bonchev–Trinajstić information content (AvgIpc) is 3.43. The number of pyridine rings is 1. The van der Waals surface area contributed by atoms with Crippen LogP contribution < -0.4 is 15.4 Å². The van der Waals surface area contributed by atoms with E-state index in [1.165, 1.54) is 6.07 Å². The Labute approximate surface area is 190 Å². The molecule has 1 aromatic heterocycles. The van der Waals surface area contributed by atoms with Gasteiger partial charge in [-0.1, -0.05) is 0 Å². The zero-order valence-electron chi connectivity index (χ0n) is 17.7. The van der Waals surface area contributed by atoms with E-state index in [0.717, 1.165) is 0 Å². The van der Waals surface area contributed by atoms with Gasteiger partial charge in [0.2, 0.25) is 0 Å². The number of rotatable bonds is 5. The van der Waals surface area contributed by atoms with Crippen molar-refractivity contribution in [1.29, 1.82) is 0 Å². The predicted molar refractivity (Wildman–Crippen MR) is 120 cm³/mol. The summed E-state index contributed by atoms with van der Waals surface area (Å²) in [7, 11) is -2.96. The molecule has 1 N–H and O–H groups in total. The molecule has 0 atom stereocenters. The smallest absolute Gasteiger partial charge is 0.411 e. The molecule has 5 rings (SSSR count). The minimum Gasteiger partial charge on any atom is -0.447 e. The summed E-state index contributed by atoms with van der Waals surface area (Å²) >= 11 is 0. The molecular formula is C21H23FN6O4S. The predicted octanol–water partition coefficient (Wildman–Crippen LogP) is 1.54. The molecule has 0 radical (unpaired) electrons. The molecule has 0 bridgehead atoms. The lowest BCUT2D eigenvalue weighted by atomic mass is 10.1. The van der Waals surface area contributed by atoms with E-state index in [1.807, 2.05) is 4.90 Å². The highest BCUT2D eigenvalue weighted by atomic mass is 32.2. The van der Waals surface area contributed by atoms with Gasteiger partial charge in [0.25, 0.3) is 0 Å². The van der Waals surface area contributed by atoms with Crippen LogP contribution >= 0.6 is 0 Å². The lowest BCUT2D eigenvalue weighted by molar-refractivity contribution is 0.134. The lowest BCUT2D eigenvalue weighted by Gasteiger charge is -2.27. The summed E-state index contributed by atoms with van der Waals surface area (Å²) in [6.07, 6.45) is 4.74. The second kappa shape index (κ2) is 8.52. The Bertz CT molecular complexity index is 1180. The zero-order chi connectivity index (χ0) is 23.0. The molecule has 1 aromatic carbocycles. The minimum atomic E-state index is -2.96. The third-order valence-corrected chi connectivity index (χ3v) is 7.37. The number of ether oxygens (including phenoxy) is 1. The summed E-state index contributed by atoms with van der Waals surface area (Å²) in [5, 5.41) is 3.35. The normalized spacial score (nSPS) is 20.0. The first-order valence-electron chi connectivity index (χ1n) is 10.5. The third-order valence-electron chi connectivity index (χ3n) is 5.76. The number of hydrogen-bond acceptors (Lipinski definition) is 9. The largest absolute Gasteiger partial charge is 0.447 e. The van der Waals surface area contributed by atoms with Crippen LogP contribution in [0.1, 0.15) is 0 Å². The fourth-order valence-electron chi connectivity index (χ4n) is 3.87. The molecule has 0 unspecified atom stereocenters. The quantitative estimate of drug-likeness (QED) is 0.692. The van der Waals surface area contributed by atoms with Gasteiger partial charge in [-0.2, -0.15) is 0 Å². The van der Waals surface area contributed by atoms with E-state index in [0.29, 0.717) is 55.5 Å². The molecule has 2 aromatic rings. The van der Waals surface area contributed by atoms with E-state index in [9.17, 15) is 17.6 Å². The lowest BCUT2D eigenvalue weighted by Crippen LogP contribution is -2.45. The van der Waals surface area contributed by atoms with Crippen molar-refractivity contribution in [2.24, 2.45) is 0 Å². The average molecular weight is 475 g/mol. The first-order chi connectivity index (χ1) is 15.9. The summed E-state index contributed by atoms with van der Waals surface area (Å²) in [6.45, 7) is 2.03. The van der Waals surface area contributed by atoms with Crippen molar-refractivity contribution in [3.63, 3.8) is 0 Å². The molecule has 174 valence electrons. The summed E-state index contributed by atoms with van der Waals surface area (Å²) < 4.78 is 43.1. The Morgan fingerprint density at radius 2 is 1.91 bits per heavy atom. The first kappa shape index (κ1) is 21.5. The Hall–Kier alpha value is -3.38. The molecule has 0 aliphatic carbocycles. The van der Waals surface area contributed by atoms with E-state index < -0.39 is 15.7 Å². The number of benzene rings is 1. The van der Waals surface area contributed by atoms with E-state index in [-0.39, 0.29) is 17.6 Å². The molecule has 4 heterocycles. The van der Waals surface area contributed by atoms with Gasteiger partial charge in [0, 0.05) is 42.8 Å². The second-order valence-corrected chi connectivity index (χ2v) is 10.3. The van der Waals surface area contributed by atoms with Gasteiger partial charge < -0.3 is 9.64 Å². The number of hydrazine groups is 2. The Morgan fingerprint density at radius 3 is 2.58 bits per heavy atom. The second-order valence-electron chi connectivity index (χ2n) is 7.97. The van der Waals surface area contributed by atoms with Crippen molar-refractivity contribution in [1.82, 2.24) is 20.4 Å². The van der Waals surface area contributed by atoms with Crippen LogP contribution in [0.25, 0.3) is 11.1 Å². The van der Waals surface area contributed by atoms with E-state index >= 15 is 0 Å². The van der Waals surface area contributed by atoms with Gasteiger partial charge in [0.1, 0.15) is 24.9 Å². The first-order valence-corrected chi connectivity index (χ1v) is 12.3. The van der Waals surface area contributed by atoms with Crippen molar-refractivity contribution in [3.05, 3.63) is 54.7 Å². The van der Waals surface area contributed by atoms with Gasteiger partial charge in [0.05, 0.1) is 23.7 Å². The van der Waals surface area contributed by atoms with Crippen molar-refractivity contribution >= 4 is 27.4 Å². The minimum absolute atomic E-state index is 0.116.